The first-order chi connectivity index (χ1) is 15.4. The van der Waals surface area contributed by atoms with Gasteiger partial charge in [0, 0.05) is 11.8 Å². The highest BCUT2D eigenvalue weighted by atomic mass is 35.5. The highest BCUT2D eigenvalue weighted by Gasteiger charge is 2.24. The minimum atomic E-state index is -0.620. The van der Waals surface area contributed by atoms with E-state index < -0.39 is 16.6 Å². The number of hydrogen-bond acceptors (Lipinski definition) is 10. The molecule has 0 amide bonds. The molecule has 1 heterocycles. The minimum absolute atomic E-state index is 0.0584. The molecular formula is C20H18ClN5O6. The summed E-state index contributed by atoms with van der Waals surface area (Å²) in [6.45, 7) is 0. The molecular weight excluding hydrogens is 442 g/mol. The van der Waals surface area contributed by atoms with Crippen LogP contribution in [0.1, 0.15) is 10.4 Å². The predicted octanol–water partition coefficient (Wildman–Crippen LogP) is 4.33. The van der Waals surface area contributed by atoms with E-state index in [1.807, 2.05) is 0 Å². The van der Waals surface area contributed by atoms with Crippen LogP contribution < -0.4 is 20.1 Å². The number of rotatable bonds is 8. The van der Waals surface area contributed by atoms with Crippen molar-refractivity contribution in [2.75, 3.05) is 32.0 Å². The minimum Gasteiger partial charge on any atom is -0.495 e. The van der Waals surface area contributed by atoms with Crippen molar-refractivity contribution in [1.82, 2.24) is 9.97 Å². The fraction of sp³-hybridized carbons (Fsp3) is 0.150. The number of carbonyl (C=O) groups excluding carboxylic acids is 1. The fourth-order valence-electron chi connectivity index (χ4n) is 2.76. The van der Waals surface area contributed by atoms with E-state index in [9.17, 15) is 14.9 Å². The summed E-state index contributed by atoms with van der Waals surface area (Å²) in [5.74, 6) is 0.0781. The van der Waals surface area contributed by atoms with Crippen molar-refractivity contribution in [1.29, 1.82) is 0 Å². The smallest absolute Gasteiger partial charge is 0.353 e. The average Bonchev–Trinajstić information content (AvgIpc) is 2.79. The maximum atomic E-state index is 11.8. The van der Waals surface area contributed by atoms with E-state index in [4.69, 9.17) is 21.1 Å². The summed E-state index contributed by atoms with van der Waals surface area (Å²) in [6.07, 6.45) is 1.16. The normalized spacial score (nSPS) is 10.2. The van der Waals surface area contributed by atoms with Gasteiger partial charge in [0.25, 0.3) is 0 Å². The lowest BCUT2D eigenvalue weighted by Crippen LogP contribution is -2.06. The topological polar surface area (TPSA) is 138 Å². The molecule has 12 heteroatoms. The quantitative estimate of drug-likeness (QED) is 0.284. The number of anilines is 4. The predicted molar refractivity (Wildman–Crippen MR) is 118 cm³/mol. The Morgan fingerprint density at radius 2 is 1.62 bits per heavy atom. The number of benzene rings is 2. The van der Waals surface area contributed by atoms with Gasteiger partial charge in [0.05, 0.1) is 42.5 Å². The van der Waals surface area contributed by atoms with Crippen LogP contribution in [-0.4, -0.2) is 42.2 Å². The number of ether oxygens (including phenoxy) is 3. The molecule has 2 N–H and O–H groups in total. The molecule has 0 aliphatic heterocycles. The zero-order chi connectivity index (χ0) is 23.3. The van der Waals surface area contributed by atoms with Crippen LogP contribution >= 0.6 is 11.6 Å². The largest absolute Gasteiger partial charge is 0.495 e. The Bertz CT molecular complexity index is 1160. The molecule has 0 aliphatic rings. The molecule has 0 saturated carbocycles. The van der Waals surface area contributed by atoms with E-state index in [1.54, 1.807) is 18.2 Å². The van der Waals surface area contributed by atoms with Gasteiger partial charge < -0.3 is 24.8 Å². The first kappa shape index (κ1) is 22.6. The molecule has 0 fully saturated rings. The third kappa shape index (κ3) is 4.78. The standard InChI is InChI=1S/C20H18ClN5O6/c1-30-15-9-16(31-2)14(8-13(15)21)25-19-17(26(28)29)18(22-10-23-19)24-12-6-4-11(5-7-12)20(27)32-3/h4-10H,1-3H3,(H2,22,23,24,25). The van der Waals surface area contributed by atoms with E-state index in [2.05, 4.69) is 25.3 Å². The van der Waals surface area contributed by atoms with Gasteiger partial charge in [0.2, 0.25) is 11.6 Å². The van der Waals surface area contributed by atoms with Gasteiger partial charge in [-0.1, -0.05) is 11.6 Å². The Kier molecular flexibility index (Phi) is 6.90. The van der Waals surface area contributed by atoms with Gasteiger partial charge in [-0.2, -0.15) is 0 Å². The Morgan fingerprint density at radius 3 is 2.19 bits per heavy atom. The van der Waals surface area contributed by atoms with Crippen LogP contribution in [0.15, 0.2) is 42.7 Å². The second-order valence-electron chi connectivity index (χ2n) is 6.18. The Balaban J connectivity index is 1.96. The van der Waals surface area contributed by atoms with Crippen molar-refractivity contribution in [3.05, 3.63) is 63.4 Å². The van der Waals surface area contributed by atoms with Gasteiger partial charge in [0.15, 0.2) is 0 Å². The zero-order valence-corrected chi connectivity index (χ0v) is 18.0. The van der Waals surface area contributed by atoms with Crippen molar-refractivity contribution in [3.63, 3.8) is 0 Å². The summed E-state index contributed by atoms with van der Waals surface area (Å²) in [5.41, 5.74) is 0.739. The molecule has 0 atom stereocenters. The molecule has 11 nitrogen and oxygen atoms in total. The summed E-state index contributed by atoms with van der Waals surface area (Å²) in [4.78, 5) is 30.8. The Labute approximate surface area is 187 Å². The Hall–Kier alpha value is -4.12. The van der Waals surface area contributed by atoms with Crippen LogP contribution in [0.4, 0.5) is 28.7 Å². The maximum Gasteiger partial charge on any atom is 0.353 e. The number of methoxy groups -OCH3 is 3. The van der Waals surface area contributed by atoms with Gasteiger partial charge in [-0.25, -0.2) is 14.8 Å². The monoisotopic (exact) mass is 459 g/mol. The summed E-state index contributed by atoms with van der Waals surface area (Å²) in [7, 11) is 4.17. The highest BCUT2D eigenvalue weighted by Crippen LogP contribution is 2.39. The highest BCUT2D eigenvalue weighted by molar-refractivity contribution is 6.32. The number of aromatic nitrogens is 2. The van der Waals surface area contributed by atoms with E-state index in [0.717, 1.165) is 6.33 Å². The van der Waals surface area contributed by atoms with Gasteiger partial charge in [0.1, 0.15) is 17.8 Å². The number of nitrogens with zero attached hydrogens (tertiary/aromatic N) is 3. The fourth-order valence-corrected chi connectivity index (χ4v) is 3.00. The number of esters is 1. The molecule has 166 valence electrons. The summed E-state index contributed by atoms with van der Waals surface area (Å²) in [6, 6.07) is 9.22. The van der Waals surface area contributed by atoms with Crippen molar-refractivity contribution in [2.45, 2.75) is 0 Å². The van der Waals surface area contributed by atoms with Crippen molar-refractivity contribution < 1.29 is 23.9 Å². The first-order valence-corrected chi connectivity index (χ1v) is 9.39. The Morgan fingerprint density at radius 1 is 1.00 bits per heavy atom. The van der Waals surface area contributed by atoms with Gasteiger partial charge in [-0.05, 0) is 30.3 Å². The molecule has 0 spiro atoms. The third-order valence-electron chi connectivity index (χ3n) is 4.30. The van der Waals surface area contributed by atoms with E-state index in [-0.39, 0.29) is 16.7 Å². The molecule has 0 radical (unpaired) electrons. The molecule has 2 aromatic carbocycles. The molecule has 3 aromatic rings. The first-order valence-electron chi connectivity index (χ1n) is 9.01. The van der Waals surface area contributed by atoms with Crippen LogP contribution in [0, 0.1) is 10.1 Å². The number of hydrogen-bond donors (Lipinski definition) is 2. The maximum absolute atomic E-state index is 11.8. The van der Waals surface area contributed by atoms with Crippen LogP contribution in [0.5, 0.6) is 11.5 Å². The van der Waals surface area contributed by atoms with E-state index in [1.165, 1.54) is 39.5 Å². The van der Waals surface area contributed by atoms with Crippen LogP contribution in [0.2, 0.25) is 5.02 Å². The number of carbonyl (C=O) groups is 1. The lowest BCUT2D eigenvalue weighted by molar-refractivity contribution is -0.383. The average molecular weight is 460 g/mol. The molecule has 0 bridgehead atoms. The lowest BCUT2D eigenvalue weighted by atomic mass is 10.2. The number of halogens is 1. The van der Waals surface area contributed by atoms with E-state index >= 15 is 0 Å². The summed E-state index contributed by atoms with van der Waals surface area (Å²) < 4.78 is 15.1. The summed E-state index contributed by atoms with van der Waals surface area (Å²) in [5, 5.41) is 17.8. The molecule has 1 aromatic heterocycles. The molecule has 0 saturated heterocycles. The SMILES string of the molecule is COC(=O)c1ccc(Nc2ncnc(Nc3cc(Cl)c(OC)cc3OC)c2[N+](=O)[O-])cc1. The van der Waals surface area contributed by atoms with Crippen LogP contribution in [0.25, 0.3) is 0 Å². The zero-order valence-electron chi connectivity index (χ0n) is 17.2. The lowest BCUT2D eigenvalue weighted by Gasteiger charge is -2.14. The molecule has 3 rings (SSSR count). The van der Waals surface area contributed by atoms with Crippen LogP contribution in [0.3, 0.4) is 0 Å². The van der Waals surface area contributed by atoms with Gasteiger partial charge >= 0.3 is 11.7 Å². The van der Waals surface area contributed by atoms with Crippen molar-refractivity contribution >= 4 is 46.3 Å². The third-order valence-corrected chi connectivity index (χ3v) is 4.60. The number of nitro groups is 1. The molecule has 0 aliphatic carbocycles. The number of nitrogens with one attached hydrogen (secondary N) is 2. The molecule has 0 unspecified atom stereocenters. The van der Waals surface area contributed by atoms with Gasteiger partial charge in [-0.3, -0.25) is 10.1 Å². The van der Waals surface area contributed by atoms with Crippen molar-refractivity contribution in [3.8, 4) is 11.5 Å². The molecule has 32 heavy (non-hydrogen) atoms. The second-order valence-corrected chi connectivity index (χ2v) is 6.59. The van der Waals surface area contributed by atoms with Crippen LogP contribution in [-0.2, 0) is 4.74 Å². The summed E-state index contributed by atoms with van der Waals surface area (Å²) >= 11 is 6.18. The second kappa shape index (κ2) is 9.79. The van der Waals surface area contributed by atoms with Gasteiger partial charge in [-0.15, -0.1) is 0 Å². The van der Waals surface area contributed by atoms with Crippen molar-refractivity contribution in [2.24, 2.45) is 0 Å². The van der Waals surface area contributed by atoms with E-state index in [0.29, 0.717) is 28.4 Å².